The second-order valence-corrected chi connectivity index (χ2v) is 7.07. The monoisotopic (exact) mass is 346 g/mol. The van der Waals surface area contributed by atoms with E-state index >= 15 is 0 Å². The number of hydrogen-bond donors (Lipinski definition) is 2. The standard InChI is InChI=1S/C17H18N2O4S/c1-2-23-14-5-7-15(8-6-14)24(21,22)19-13-4-3-12-9-10-18-17(20)16(12)11-13/h3-8,11,19H,2,9-10H2,1H3,(H,18,20). The van der Waals surface area contributed by atoms with Gasteiger partial charge in [0.15, 0.2) is 0 Å². The maximum absolute atomic E-state index is 12.5. The van der Waals surface area contributed by atoms with Crippen molar-refractivity contribution in [2.75, 3.05) is 17.9 Å². The summed E-state index contributed by atoms with van der Waals surface area (Å²) in [4.78, 5) is 12.0. The topological polar surface area (TPSA) is 84.5 Å². The minimum Gasteiger partial charge on any atom is -0.494 e. The Balaban J connectivity index is 1.84. The van der Waals surface area contributed by atoms with Crippen LogP contribution in [-0.2, 0) is 16.4 Å². The lowest BCUT2D eigenvalue weighted by Gasteiger charge is -2.17. The highest BCUT2D eigenvalue weighted by Gasteiger charge is 2.19. The second-order valence-electron chi connectivity index (χ2n) is 5.39. The maximum Gasteiger partial charge on any atom is 0.261 e. The smallest absolute Gasteiger partial charge is 0.261 e. The summed E-state index contributed by atoms with van der Waals surface area (Å²) in [5.41, 5.74) is 1.79. The SMILES string of the molecule is CCOc1ccc(S(=O)(=O)Nc2ccc3c(c2)C(=O)NCC3)cc1. The molecule has 2 N–H and O–H groups in total. The molecule has 0 saturated carbocycles. The fraction of sp³-hybridized carbons (Fsp3) is 0.235. The van der Waals surface area contributed by atoms with Crippen molar-refractivity contribution in [3.8, 4) is 5.75 Å². The highest BCUT2D eigenvalue weighted by molar-refractivity contribution is 7.92. The molecular formula is C17H18N2O4S. The van der Waals surface area contributed by atoms with Gasteiger partial charge in [-0.3, -0.25) is 9.52 Å². The first-order valence-corrected chi connectivity index (χ1v) is 9.15. The third-order valence-corrected chi connectivity index (χ3v) is 5.13. The van der Waals surface area contributed by atoms with E-state index in [1.54, 1.807) is 30.3 Å². The van der Waals surface area contributed by atoms with Crippen LogP contribution in [0, 0.1) is 0 Å². The molecule has 2 aromatic rings. The number of sulfonamides is 1. The van der Waals surface area contributed by atoms with Gasteiger partial charge in [-0.1, -0.05) is 6.07 Å². The summed E-state index contributed by atoms with van der Waals surface area (Å²) in [6.07, 6.45) is 0.743. The van der Waals surface area contributed by atoms with Crippen LogP contribution in [0.5, 0.6) is 5.75 Å². The van der Waals surface area contributed by atoms with Gasteiger partial charge < -0.3 is 10.1 Å². The number of rotatable bonds is 5. The minimum atomic E-state index is -3.73. The Bertz CT molecular complexity index is 861. The van der Waals surface area contributed by atoms with Crippen LogP contribution in [0.4, 0.5) is 5.69 Å². The van der Waals surface area contributed by atoms with Crippen molar-refractivity contribution < 1.29 is 17.9 Å². The van der Waals surface area contributed by atoms with Crippen molar-refractivity contribution in [1.82, 2.24) is 5.32 Å². The predicted octanol–water partition coefficient (Wildman–Crippen LogP) is 2.17. The largest absolute Gasteiger partial charge is 0.494 e. The summed E-state index contributed by atoms with van der Waals surface area (Å²) >= 11 is 0. The molecule has 0 spiro atoms. The molecule has 24 heavy (non-hydrogen) atoms. The maximum atomic E-state index is 12.5. The van der Waals surface area contributed by atoms with Gasteiger partial charge in [-0.2, -0.15) is 0 Å². The number of fused-ring (bicyclic) bond motifs is 1. The Hall–Kier alpha value is -2.54. The van der Waals surface area contributed by atoms with Crippen LogP contribution in [0.2, 0.25) is 0 Å². The molecule has 7 heteroatoms. The molecule has 0 fully saturated rings. The highest BCUT2D eigenvalue weighted by atomic mass is 32.2. The summed E-state index contributed by atoms with van der Waals surface area (Å²) < 4.78 is 32.8. The van der Waals surface area contributed by atoms with E-state index in [9.17, 15) is 13.2 Å². The summed E-state index contributed by atoms with van der Waals surface area (Å²) in [5, 5.41) is 2.75. The molecule has 0 radical (unpaired) electrons. The van der Waals surface area contributed by atoms with E-state index in [-0.39, 0.29) is 10.8 Å². The van der Waals surface area contributed by atoms with Crippen LogP contribution in [0.15, 0.2) is 47.4 Å². The Morgan fingerprint density at radius 3 is 2.62 bits per heavy atom. The third-order valence-electron chi connectivity index (χ3n) is 3.73. The molecule has 6 nitrogen and oxygen atoms in total. The molecule has 2 aromatic carbocycles. The number of nitrogens with one attached hydrogen (secondary N) is 2. The average Bonchev–Trinajstić information content (AvgIpc) is 2.56. The van der Waals surface area contributed by atoms with Crippen LogP contribution < -0.4 is 14.8 Å². The van der Waals surface area contributed by atoms with E-state index < -0.39 is 10.0 Å². The third kappa shape index (κ3) is 3.35. The van der Waals surface area contributed by atoms with E-state index in [0.717, 1.165) is 12.0 Å². The zero-order chi connectivity index (χ0) is 17.2. The number of hydrogen-bond acceptors (Lipinski definition) is 4. The molecule has 0 saturated heterocycles. The molecule has 1 aliphatic rings. The van der Waals surface area contributed by atoms with Gasteiger partial charge in [0, 0.05) is 17.8 Å². The molecule has 0 atom stereocenters. The van der Waals surface area contributed by atoms with Crippen LogP contribution in [0.1, 0.15) is 22.8 Å². The van der Waals surface area contributed by atoms with Gasteiger partial charge in [-0.25, -0.2) is 8.42 Å². The summed E-state index contributed by atoms with van der Waals surface area (Å²) in [6, 6.07) is 11.2. The minimum absolute atomic E-state index is 0.133. The van der Waals surface area contributed by atoms with Gasteiger partial charge in [-0.15, -0.1) is 0 Å². The number of carbonyl (C=O) groups excluding carboxylic acids is 1. The summed E-state index contributed by atoms with van der Waals surface area (Å²) in [6.45, 7) is 2.98. The molecule has 1 heterocycles. The Labute approximate surface area is 140 Å². The Morgan fingerprint density at radius 2 is 1.92 bits per heavy atom. The zero-order valence-electron chi connectivity index (χ0n) is 13.2. The molecular weight excluding hydrogens is 328 g/mol. The number of ether oxygens (including phenoxy) is 1. The fourth-order valence-corrected chi connectivity index (χ4v) is 3.62. The van der Waals surface area contributed by atoms with Gasteiger partial charge in [0.2, 0.25) is 0 Å². The lowest BCUT2D eigenvalue weighted by molar-refractivity contribution is 0.0946. The quantitative estimate of drug-likeness (QED) is 0.869. The van der Waals surface area contributed by atoms with Crippen LogP contribution >= 0.6 is 0 Å². The number of carbonyl (C=O) groups is 1. The highest BCUT2D eigenvalue weighted by Crippen LogP contribution is 2.23. The molecule has 3 rings (SSSR count). The molecule has 126 valence electrons. The Kier molecular flexibility index (Phi) is 4.44. The van der Waals surface area contributed by atoms with Crippen molar-refractivity contribution >= 4 is 21.6 Å². The summed E-state index contributed by atoms with van der Waals surface area (Å²) in [5.74, 6) is 0.431. The van der Waals surface area contributed by atoms with Crippen LogP contribution in [0.3, 0.4) is 0 Å². The van der Waals surface area contributed by atoms with E-state index in [0.29, 0.717) is 30.2 Å². The van der Waals surface area contributed by atoms with E-state index in [1.807, 2.05) is 6.92 Å². The van der Waals surface area contributed by atoms with E-state index in [2.05, 4.69) is 10.0 Å². The normalized spacial score (nSPS) is 13.8. The van der Waals surface area contributed by atoms with Gasteiger partial charge in [0.05, 0.1) is 11.5 Å². The lowest BCUT2D eigenvalue weighted by Crippen LogP contribution is -2.31. The molecule has 1 amide bonds. The fourth-order valence-electron chi connectivity index (χ4n) is 2.57. The first-order valence-electron chi connectivity index (χ1n) is 7.66. The van der Waals surface area contributed by atoms with Gasteiger partial charge in [0.25, 0.3) is 15.9 Å². The van der Waals surface area contributed by atoms with Crippen molar-refractivity contribution in [1.29, 1.82) is 0 Å². The number of anilines is 1. The zero-order valence-corrected chi connectivity index (χ0v) is 14.0. The summed E-state index contributed by atoms with van der Waals surface area (Å²) in [7, 11) is -3.73. The molecule has 1 aliphatic heterocycles. The Morgan fingerprint density at radius 1 is 1.17 bits per heavy atom. The predicted molar refractivity (Wildman–Crippen MR) is 90.9 cm³/mol. The molecule has 0 unspecified atom stereocenters. The van der Waals surface area contributed by atoms with Gasteiger partial charge in [0.1, 0.15) is 5.75 Å². The average molecular weight is 346 g/mol. The number of benzene rings is 2. The first-order chi connectivity index (χ1) is 11.5. The second kappa shape index (κ2) is 6.52. The van der Waals surface area contributed by atoms with Crippen LogP contribution in [0.25, 0.3) is 0 Å². The first kappa shape index (κ1) is 16.3. The van der Waals surface area contributed by atoms with E-state index in [4.69, 9.17) is 4.74 Å². The van der Waals surface area contributed by atoms with E-state index in [1.165, 1.54) is 12.1 Å². The van der Waals surface area contributed by atoms with Gasteiger partial charge >= 0.3 is 0 Å². The van der Waals surface area contributed by atoms with Crippen molar-refractivity contribution in [2.24, 2.45) is 0 Å². The lowest BCUT2D eigenvalue weighted by atomic mass is 10.00. The van der Waals surface area contributed by atoms with Crippen molar-refractivity contribution in [3.05, 3.63) is 53.6 Å². The molecule has 0 bridgehead atoms. The van der Waals surface area contributed by atoms with Gasteiger partial charge in [-0.05, 0) is 55.3 Å². The molecule has 0 aromatic heterocycles. The number of amides is 1. The molecule has 0 aliphatic carbocycles. The van der Waals surface area contributed by atoms with Crippen molar-refractivity contribution in [3.63, 3.8) is 0 Å². The van der Waals surface area contributed by atoms with Crippen LogP contribution in [-0.4, -0.2) is 27.5 Å². The van der Waals surface area contributed by atoms with Crippen molar-refractivity contribution in [2.45, 2.75) is 18.2 Å².